The molecule has 2 heterocycles. The van der Waals surface area contributed by atoms with Gasteiger partial charge in [0.05, 0.1) is 6.26 Å². The summed E-state index contributed by atoms with van der Waals surface area (Å²) in [4.78, 5) is 21.8. The van der Waals surface area contributed by atoms with E-state index in [4.69, 9.17) is 9.15 Å². The normalized spacial score (nSPS) is 23.5. The first-order chi connectivity index (χ1) is 5.79. The molecule has 1 aromatic heterocycles. The van der Waals surface area contributed by atoms with Gasteiger partial charge in [0.1, 0.15) is 12.4 Å². The molecule has 0 radical (unpaired) electrons. The molecule has 0 bridgehead atoms. The molecule has 4 heteroatoms. The maximum absolute atomic E-state index is 11.1. The molecule has 0 N–H and O–H groups in total. The summed E-state index contributed by atoms with van der Waals surface area (Å²) >= 11 is 0. The Labute approximate surface area is 68.1 Å². The van der Waals surface area contributed by atoms with Crippen molar-refractivity contribution >= 4 is 11.6 Å². The lowest BCUT2D eigenvalue weighted by Crippen LogP contribution is -2.12. The lowest BCUT2D eigenvalue weighted by molar-refractivity contribution is -0.134. The van der Waals surface area contributed by atoms with Crippen molar-refractivity contribution in [1.29, 1.82) is 0 Å². The summed E-state index contributed by atoms with van der Waals surface area (Å²) in [6.07, 6.45) is 0.627. The lowest BCUT2D eigenvalue weighted by atomic mass is 10.1. The number of ether oxygens (including phenoxy) is 1. The molecular formula is C8H6O4. The van der Waals surface area contributed by atoms with Crippen LogP contribution >= 0.6 is 0 Å². The van der Waals surface area contributed by atoms with Gasteiger partial charge in [0, 0.05) is 0 Å². The molecule has 1 aliphatic rings. The summed E-state index contributed by atoms with van der Waals surface area (Å²) in [5, 5.41) is 0. The fraction of sp³-hybridized carbons (Fsp3) is 0.250. The van der Waals surface area contributed by atoms with E-state index >= 15 is 0 Å². The molecular weight excluding hydrogens is 160 g/mol. The first-order valence-corrected chi connectivity index (χ1v) is 3.51. The Bertz CT molecular complexity index is 312. The molecule has 0 aromatic carbocycles. The highest BCUT2D eigenvalue weighted by Crippen LogP contribution is 2.23. The number of furan rings is 1. The fourth-order valence-corrected chi connectivity index (χ4v) is 1.10. The number of carbonyl (C=O) groups excluding carboxylic acids is 2. The number of Topliss-reactive ketones (excluding diaryl/α,β-unsaturated/α-hetero) is 2. The molecule has 1 atom stereocenters. The first-order valence-electron chi connectivity index (χ1n) is 3.51. The van der Waals surface area contributed by atoms with Crippen molar-refractivity contribution in [3.8, 4) is 0 Å². The number of hydrogen-bond acceptors (Lipinski definition) is 4. The number of hydrogen-bond donors (Lipinski definition) is 0. The van der Waals surface area contributed by atoms with Crippen LogP contribution in [0.25, 0.3) is 0 Å². The van der Waals surface area contributed by atoms with Crippen molar-refractivity contribution in [2.75, 3.05) is 6.61 Å². The molecule has 4 nitrogen and oxygen atoms in total. The molecule has 2 rings (SSSR count). The minimum absolute atomic E-state index is 0.135. The monoisotopic (exact) mass is 166 g/mol. The predicted octanol–water partition coefficient (Wildman–Crippen LogP) is 0.489. The zero-order chi connectivity index (χ0) is 8.55. The van der Waals surface area contributed by atoms with E-state index in [-0.39, 0.29) is 6.61 Å². The molecule has 1 aliphatic heterocycles. The summed E-state index contributed by atoms with van der Waals surface area (Å²) in [7, 11) is 0. The topological polar surface area (TPSA) is 56.5 Å². The average Bonchev–Trinajstić information content (AvgIpc) is 2.64. The number of carbonyl (C=O) groups is 2. The van der Waals surface area contributed by atoms with E-state index in [1.807, 2.05) is 0 Å². The largest absolute Gasteiger partial charge is 0.466 e. The third kappa shape index (κ3) is 0.967. The second kappa shape index (κ2) is 2.57. The molecule has 1 unspecified atom stereocenters. The second-order valence-electron chi connectivity index (χ2n) is 2.49. The highest BCUT2D eigenvalue weighted by atomic mass is 16.5. The van der Waals surface area contributed by atoms with Crippen LogP contribution in [0.15, 0.2) is 22.8 Å². The highest BCUT2D eigenvalue weighted by Gasteiger charge is 2.36. The van der Waals surface area contributed by atoms with Gasteiger partial charge in [-0.1, -0.05) is 0 Å². The third-order valence-corrected chi connectivity index (χ3v) is 1.70. The summed E-state index contributed by atoms with van der Waals surface area (Å²) in [6, 6.07) is 3.26. The van der Waals surface area contributed by atoms with Gasteiger partial charge < -0.3 is 9.15 Å². The lowest BCUT2D eigenvalue weighted by Gasteiger charge is -2.00. The molecule has 0 aliphatic carbocycles. The Morgan fingerprint density at radius 3 is 2.75 bits per heavy atom. The molecule has 0 amide bonds. The van der Waals surface area contributed by atoms with E-state index in [0.29, 0.717) is 5.76 Å². The van der Waals surface area contributed by atoms with E-state index in [0.717, 1.165) is 0 Å². The van der Waals surface area contributed by atoms with Crippen molar-refractivity contribution in [3.63, 3.8) is 0 Å². The number of ketones is 2. The molecule has 1 fully saturated rings. The van der Waals surface area contributed by atoms with Crippen LogP contribution in [0.5, 0.6) is 0 Å². The van der Waals surface area contributed by atoms with Crippen LogP contribution in [0.1, 0.15) is 11.9 Å². The van der Waals surface area contributed by atoms with Crippen LogP contribution in [-0.2, 0) is 14.3 Å². The average molecular weight is 166 g/mol. The van der Waals surface area contributed by atoms with Crippen molar-refractivity contribution in [2.24, 2.45) is 0 Å². The van der Waals surface area contributed by atoms with Crippen LogP contribution in [0.4, 0.5) is 0 Å². The summed E-state index contributed by atoms with van der Waals surface area (Å²) in [5.41, 5.74) is 0. The Morgan fingerprint density at radius 1 is 1.42 bits per heavy atom. The molecule has 1 aromatic rings. The van der Waals surface area contributed by atoms with Crippen molar-refractivity contribution in [3.05, 3.63) is 24.2 Å². The minimum Gasteiger partial charge on any atom is -0.466 e. The fourth-order valence-electron chi connectivity index (χ4n) is 1.10. The van der Waals surface area contributed by atoms with E-state index in [9.17, 15) is 9.59 Å². The van der Waals surface area contributed by atoms with Gasteiger partial charge >= 0.3 is 0 Å². The molecule has 0 saturated carbocycles. The van der Waals surface area contributed by atoms with Crippen molar-refractivity contribution < 1.29 is 18.7 Å². The summed E-state index contributed by atoms with van der Waals surface area (Å²) in [6.45, 7) is -0.135. The summed E-state index contributed by atoms with van der Waals surface area (Å²) < 4.78 is 9.87. The van der Waals surface area contributed by atoms with Crippen LogP contribution in [0.2, 0.25) is 0 Å². The van der Waals surface area contributed by atoms with E-state index in [1.54, 1.807) is 12.1 Å². The van der Waals surface area contributed by atoms with Crippen LogP contribution < -0.4 is 0 Å². The van der Waals surface area contributed by atoms with Crippen LogP contribution in [-0.4, -0.2) is 18.2 Å². The Hall–Kier alpha value is -1.42. The van der Waals surface area contributed by atoms with Gasteiger partial charge in [0.25, 0.3) is 0 Å². The maximum atomic E-state index is 11.1. The maximum Gasteiger partial charge on any atom is 0.237 e. The van der Waals surface area contributed by atoms with Gasteiger partial charge in [-0.2, -0.15) is 0 Å². The van der Waals surface area contributed by atoms with Gasteiger partial charge in [-0.15, -0.1) is 0 Å². The smallest absolute Gasteiger partial charge is 0.237 e. The minimum atomic E-state index is -0.813. The number of rotatable bonds is 1. The SMILES string of the molecule is O=C1COC(c2ccco2)C1=O. The van der Waals surface area contributed by atoms with Crippen molar-refractivity contribution in [1.82, 2.24) is 0 Å². The van der Waals surface area contributed by atoms with E-state index in [1.165, 1.54) is 6.26 Å². The zero-order valence-corrected chi connectivity index (χ0v) is 6.15. The third-order valence-electron chi connectivity index (χ3n) is 1.70. The van der Waals surface area contributed by atoms with Crippen LogP contribution in [0, 0.1) is 0 Å². The van der Waals surface area contributed by atoms with Gasteiger partial charge in [-0.25, -0.2) is 0 Å². The van der Waals surface area contributed by atoms with Gasteiger partial charge in [0.15, 0.2) is 6.10 Å². The molecule has 12 heavy (non-hydrogen) atoms. The van der Waals surface area contributed by atoms with Crippen molar-refractivity contribution in [2.45, 2.75) is 6.10 Å². The zero-order valence-electron chi connectivity index (χ0n) is 6.15. The molecule has 1 saturated heterocycles. The van der Waals surface area contributed by atoms with E-state index in [2.05, 4.69) is 0 Å². The Kier molecular flexibility index (Phi) is 1.55. The molecule has 0 spiro atoms. The molecule has 62 valence electrons. The quantitative estimate of drug-likeness (QED) is 0.569. The highest BCUT2D eigenvalue weighted by molar-refractivity contribution is 6.40. The first kappa shape index (κ1) is 7.24. The predicted molar refractivity (Wildman–Crippen MR) is 37.4 cm³/mol. The van der Waals surface area contributed by atoms with E-state index < -0.39 is 17.7 Å². The van der Waals surface area contributed by atoms with Gasteiger partial charge in [-0.05, 0) is 12.1 Å². The summed E-state index contributed by atoms with van der Waals surface area (Å²) in [5.74, 6) is -0.618. The van der Waals surface area contributed by atoms with Crippen LogP contribution in [0.3, 0.4) is 0 Å². The van der Waals surface area contributed by atoms with Gasteiger partial charge in [-0.3, -0.25) is 9.59 Å². The van der Waals surface area contributed by atoms with Gasteiger partial charge in [0.2, 0.25) is 11.6 Å². The standard InChI is InChI=1S/C8H6O4/c9-5-4-12-8(7(5)10)6-2-1-3-11-6/h1-3,8H,4H2. The Balaban J connectivity index is 2.27. The Morgan fingerprint density at radius 2 is 2.25 bits per heavy atom. The second-order valence-corrected chi connectivity index (χ2v) is 2.49.